The van der Waals surface area contributed by atoms with E-state index >= 15 is 0 Å². The molecule has 0 radical (unpaired) electrons. The van der Waals surface area contributed by atoms with Crippen LogP contribution in [0.4, 0.5) is 0 Å². The summed E-state index contributed by atoms with van der Waals surface area (Å²) in [5, 5.41) is 8.97. The van der Waals surface area contributed by atoms with Gasteiger partial charge < -0.3 is 19.5 Å². The largest absolute Gasteiger partial charge is 0.493 e. The Balaban J connectivity index is 2.98. The first-order chi connectivity index (χ1) is 10.1. The lowest BCUT2D eigenvalue weighted by Crippen LogP contribution is -2.33. The molecule has 0 atom stereocenters. The van der Waals surface area contributed by atoms with Crippen LogP contribution in [-0.4, -0.2) is 49.8 Å². The van der Waals surface area contributed by atoms with Gasteiger partial charge in [0.1, 0.15) is 0 Å². The summed E-state index contributed by atoms with van der Waals surface area (Å²) in [7, 11) is 3.15. The maximum absolute atomic E-state index is 12.2. The van der Waals surface area contributed by atoms with Gasteiger partial charge >= 0.3 is 0 Å². The molecular formula is C16H23NO4. The Labute approximate surface area is 125 Å². The number of benzene rings is 1. The van der Waals surface area contributed by atoms with Crippen LogP contribution >= 0.6 is 0 Å². The number of carbonyl (C=O) groups excluding carboxylic acids is 1. The van der Waals surface area contributed by atoms with Crippen molar-refractivity contribution < 1.29 is 19.4 Å². The Morgan fingerprint density at radius 3 is 2.48 bits per heavy atom. The molecule has 0 fully saturated rings. The Hall–Kier alpha value is -2.01. The number of likely N-dealkylation sites (N-methyl/N-ethyl adjacent to an activating group) is 1. The second kappa shape index (κ2) is 8.32. The molecule has 1 rings (SSSR count). The summed E-state index contributed by atoms with van der Waals surface area (Å²) in [6, 6.07) is 5.48. The minimum absolute atomic E-state index is 0.0385. The zero-order chi connectivity index (χ0) is 15.8. The van der Waals surface area contributed by atoms with E-state index in [-0.39, 0.29) is 12.5 Å². The average molecular weight is 293 g/mol. The Morgan fingerprint density at radius 2 is 1.95 bits per heavy atom. The van der Waals surface area contributed by atoms with Gasteiger partial charge in [-0.25, -0.2) is 0 Å². The first-order valence-corrected chi connectivity index (χ1v) is 6.87. The lowest BCUT2D eigenvalue weighted by Gasteiger charge is -2.20. The third-order valence-corrected chi connectivity index (χ3v) is 3.17. The lowest BCUT2D eigenvalue weighted by molar-refractivity contribution is -0.127. The van der Waals surface area contributed by atoms with Crippen LogP contribution in [-0.2, 0) is 4.79 Å². The van der Waals surface area contributed by atoms with E-state index in [1.165, 1.54) is 0 Å². The molecule has 1 amide bonds. The number of methoxy groups -OCH3 is 2. The number of rotatable bonds is 7. The fourth-order valence-electron chi connectivity index (χ4n) is 2.03. The fourth-order valence-corrected chi connectivity index (χ4v) is 2.03. The maximum Gasteiger partial charge on any atom is 0.249 e. The van der Waals surface area contributed by atoms with Crippen molar-refractivity contribution >= 4 is 12.0 Å². The second-order valence-corrected chi connectivity index (χ2v) is 4.55. The van der Waals surface area contributed by atoms with E-state index in [0.717, 1.165) is 5.56 Å². The highest BCUT2D eigenvalue weighted by Gasteiger charge is 2.13. The predicted octanol–water partition coefficient (Wildman–Crippen LogP) is 1.95. The van der Waals surface area contributed by atoms with Crippen LogP contribution in [0.5, 0.6) is 11.5 Å². The van der Waals surface area contributed by atoms with Gasteiger partial charge in [-0.3, -0.25) is 4.79 Å². The van der Waals surface area contributed by atoms with Gasteiger partial charge in [0, 0.05) is 18.7 Å². The van der Waals surface area contributed by atoms with Gasteiger partial charge in [0.25, 0.3) is 0 Å². The number of amides is 1. The summed E-state index contributed by atoms with van der Waals surface area (Å²) < 4.78 is 10.4. The minimum atomic E-state index is -0.0821. The molecule has 0 spiro atoms. The fraction of sp³-hybridized carbons (Fsp3) is 0.438. The monoisotopic (exact) mass is 293 g/mol. The van der Waals surface area contributed by atoms with Crippen molar-refractivity contribution in [2.24, 2.45) is 0 Å². The molecule has 5 heteroatoms. The van der Waals surface area contributed by atoms with Gasteiger partial charge in [0.15, 0.2) is 11.5 Å². The van der Waals surface area contributed by atoms with E-state index in [9.17, 15) is 4.79 Å². The van der Waals surface area contributed by atoms with Crippen molar-refractivity contribution in [3.8, 4) is 11.5 Å². The molecule has 0 heterocycles. The van der Waals surface area contributed by atoms with E-state index in [4.69, 9.17) is 14.6 Å². The number of aliphatic hydroxyl groups is 1. The molecule has 116 valence electrons. The average Bonchev–Trinajstić information content (AvgIpc) is 2.51. The molecule has 1 aromatic carbocycles. The van der Waals surface area contributed by atoms with Crippen LogP contribution in [0.1, 0.15) is 19.4 Å². The third kappa shape index (κ3) is 4.49. The number of hydrogen-bond donors (Lipinski definition) is 1. The van der Waals surface area contributed by atoms with Crippen molar-refractivity contribution in [1.29, 1.82) is 0 Å². The maximum atomic E-state index is 12.2. The van der Waals surface area contributed by atoms with Crippen LogP contribution in [0.2, 0.25) is 0 Å². The molecule has 0 unspecified atom stereocenters. The minimum Gasteiger partial charge on any atom is -0.493 e. The number of carbonyl (C=O) groups is 1. The number of hydrogen-bond acceptors (Lipinski definition) is 4. The molecule has 0 bridgehead atoms. The highest BCUT2D eigenvalue weighted by Crippen LogP contribution is 2.28. The smallest absolute Gasteiger partial charge is 0.249 e. The topological polar surface area (TPSA) is 59.0 Å². The van der Waals surface area contributed by atoms with Gasteiger partial charge in [0.05, 0.1) is 20.8 Å². The molecule has 1 aromatic rings. The van der Waals surface area contributed by atoms with Crippen molar-refractivity contribution in [2.75, 3.05) is 33.9 Å². The summed E-state index contributed by atoms with van der Waals surface area (Å²) in [6.45, 7) is 4.52. The summed E-state index contributed by atoms with van der Waals surface area (Å²) in [6.07, 6.45) is 1.80. The Kier molecular flexibility index (Phi) is 6.75. The van der Waals surface area contributed by atoms with Crippen molar-refractivity contribution in [1.82, 2.24) is 4.90 Å². The number of aliphatic hydroxyl groups excluding tert-OH is 1. The van der Waals surface area contributed by atoms with Gasteiger partial charge in [-0.1, -0.05) is 6.07 Å². The van der Waals surface area contributed by atoms with Gasteiger partial charge in [-0.05, 0) is 37.6 Å². The van der Waals surface area contributed by atoms with Crippen molar-refractivity contribution in [3.05, 3.63) is 29.3 Å². The quantitative estimate of drug-likeness (QED) is 0.781. The van der Waals surface area contributed by atoms with E-state index < -0.39 is 0 Å². The normalized spacial score (nSPS) is 11.2. The van der Waals surface area contributed by atoms with Crippen molar-refractivity contribution in [2.45, 2.75) is 13.8 Å². The summed E-state index contributed by atoms with van der Waals surface area (Å²) in [5.74, 6) is 1.18. The Bertz CT molecular complexity index is 511. The molecule has 0 saturated heterocycles. The first kappa shape index (κ1) is 17.0. The highest BCUT2D eigenvalue weighted by atomic mass is 16.5. The SMILES string of the molecule is CCN(CCO)C(=O)/C(C)=C/c1ccc(OC)c(OC)c1. The second-order valence-electron chi connectivity index (χ2n) is 4.55. The first-order valence-electron chi connectivity index (χ1n) is 6.87. The molecule has 21 heavy (non-hydrogen) atoms. The van der Waals surface area contributed by atoms with E-state index in [2.05, 4.69) is 0 Å². The summed E-state index contributed by atoms with van der Waals surface area (Å²) in [5.41, 5.74) is 1.47. The highest BCUT2D eigenvalue weighted by molar-refractivity contribution is 5.97. The van der Waals surface area contributed by atoms with Crippen LogP contribution in [0, 0.1) is 0 Å². The molecule has 1 N–H and O–H groups in total. The lowest BCUT2D eigenvalue weighted by atomic mass is 10.1. The standard InChI is InChI=1S/C16H23NO4/c1-5-17(8-9-18)16(19)12(2)10-13-6-7-14(20-3)15(11-13)21-4/h6-7,10-11,18H,5,8-9H2,1-4H3/b12-10+. The molecule has 0 aliphatic heterocycles. The van der Waals surface area contributed by atoms with E-state index in [0.29, 0.717) is 30.2 Å². The molecule has 0 saturated carbocycles. The number of ether oxygens (including phenoxy) is 2. The van der Waals surface area contributed by atoms with E-state index in [1.807, 2.05) is 19.1 Å². The number of nitrogens with zero attached hydrogens (tertiary/aromatic N) is 1. The van der Waals surface area contributed by atoms with Crippen LogP contribution < -0.4 is 9.47 Å². The van der Waals surface area contributed by atoms with Crippen LogP contribution in [0.25, 0.3) is 6.08 Å². The van der Waals surface area contributed by atoms with Gasteiger partial charge in [-0.15, -0.1) is 0 Å². The molecule has 0 aliphatic carbocycles. The van der Waals surface area contributed by atoms with Crippen LogP contribution in [0.3, 0.4) is 0 Å². The molecule has 5 nitrogen and oxygen atoms in total. The zero-order valence-electron chi connectivity index (χ0n) is 13.0. The predicted molar refractivity (Wildman–Crippen MR) is 82.5 cm³/mol. The summed E-state index contributed by atoms with van der Waals surface area (Å²) in [4.78, 5) is 13.8. The molecular weight excluding hydrogens is 270 g/mol. The zero-order valence-corrected chi connectivity index (χ0v) is 13.0. The van der Waals surface area contributed by atoms with Crippen LogP contribution in [0.15, 0.2) is 23.8 Å². The summed E-state index contributed by atoms with van der Waals surface area (Å²) >= 11 is 0. The Morgan fingerprint density at radius 1 is 1.29 bits per heavy atom. The van der Waals surface area contributed by atoms with Crippen molar-refractivity contribution in [3.63, 3.8) is 0 Å². The third-order valence-electron chi connectivity index (χ3n) is 3.17. The molecule has 0 aromatic heterocycles. The van der Waals surface area contributed by atoms with Gasteiger partial charge in [-0.2, -0.15) is 0 Å². The molecule has 0 aliphatic rings. The van der Waals surface area contributed by atoms with E-state index in [1.54, 1.807) is 38.2 Å². The van der Waals surface area contributed by atoms with Gasteiger partial charge in [0.2, 0.25) is 5.91 Å².